The lowest BCUT2D eigenvalue weighted by Gasteiger charge is -2.00. The van der Waals surface area contributed by atoms with E-state index in [1.54, 1.807) is 0 Å². The van der Waals surface area contributed by atoms with Crippen molar-refractivity contribution in [3.05, 3.63) is 12.3 Å². The van der Waals surface area contributed by atoms with Gasteiger partial charge < -0.3 is 4.74 Å². The molecule has 0 rings (SSSR count). The Morgan fingerprint density at radius 3 is 2.42 bits per heavy atom. The molecule has 12 heavy (non-hydrogen) atoms. The lowest BCUT2D eigenvalue weighted by molar-refractivity contribution is -0.0816. The predicted octanol–water partition coefficient (Wildman–Crippen LogP) is 3.27. The molecule has 0 aromatic carbocycles. The highest BCUT2D eigenvalue weighted by Gasteiger charge is 2.22. The molecule has 72 valence electrons. The molecule has 4 heteroatoms. The summed E-state index contributed by atoms with van der Waals surface area (Å²) in [4.78, 5) is 0. The van der Waals surface area contributed by atoms with E-state index in [0.717, 1.165) is 19.3 Å². The van der Waals surface area contributed by atoms with Gasteiger partial charge in [0.05, 0.1) is 18.9 Å². The number of hydrogen-bond acceptors (Lipinski definition) is 1. The van der Waals surface area contributed by atoms with Gasteiger partial charge in [-0.15, -0.1) is 0 Å². The van der Waals surface area contributed by atoms with Crippen molar-refractivity contribution < 1.29 is 17.9 Å². The zero-order valence-corrected chi connectivity index (χ0v) is 7.03. The first kappa shape index (κ1) is 11.3. The fraction of sp³-hybridized carbons (Fsp3) is 0.750. The summed E-state index contributed by atoms with van der Waals surface area (Å²) in [7, 11) is 0. The molecular weight excluding hydrogens is 169 g/mol. The van der Waals surface area contributed by atoms with Gasteiger partial charge in [0.1, 0.15) is 0 Å². The molecule has 0 aliphatic heterocycles. The molecule has 0 saturated carbocycles. The van der Waals surface area contributed by atoms with E-state index in [4.69, 9.17) is 0 Å². The lowest BCUT2D eigenvalue weighted by atomic mass is 10.3. The number of rotatable bonds is 5. The van der Waals surface area contributed by atoms with Crippen LogP contribution in [0.5, 0.6) is 0 Å². The maximum absolute atomic E-state index is 11.5. The third-order valence-corrected chi connectivity index (χ3v) is 1.22. The zero-order valence-electron chi connectivity index (χ0n) is 7.03. The van der Waals surface area contributed by atoms with Crippen LogP contribution >= 0.6 is 0 Å². The molecule has 0 saturated heterocycles. The van der Waals surface area contributed by atoms with Crippen LogP contribution in [-0.2, 0) is 4.74 Å². The molecule has 1 nitrogen and oxygen atoms in total. The SMILES string of the molecule is CCCCCOC=CC(F)(F)F. The Balaban J connectivity index is 3.25. The molecule has 0 amide bonds. The van der Waals surface area contributed by atoms with Crippen molar-refractivity contribution in [3.63, 3.8) is 0 Å². The maximum atomic E-state index is 11.5. The van der Waals surface area contributed by atoms with Crippen molar-refractivity contribution in [1.29, 1.82) is 0 Å². The zero-order chi connectivity index (χ0) is 9.45. The molecule has 0 aliphatic rings. The van der Waals surface area contributed by atoms with Crippen LogP contribution in [0.1, 0.15) is 26.2 Å². The topological polar surface area (TPSA) is 9.23 Å². The van der Waals surface area contributed by atoms with E-state index in [2.05, 4.69) is 4.74 Å². The summed E-state index contributed by atoms with van der Waals surface area (Å²) >= 11 is 0. The Hall–Kier alpha value is -0.670. The van der Waals surface area contributed by atoms with Crippen LogP contribution in [0, 0.1) is 0 Å². The molecule has 0 aliphatic carbocycles. The second-order valence-corrected chi connectivity index (χ2v) is 2.42. The molecule has 0 heterocycles. The fourth-order valence-electron chi connectivity index (χ4n) is 0.629. The quantitative estimate of drug-likeness (QED) is 0.468. The largest absolute Gasteiger partial charge is 0.501 e. The first-order valence-electron chi connectivity index (χ1n) is 3.92. The van der Waals surface area contributed by atoms with Crippen molar-refractivity contribution >= 4 is 0 Å². The van der Waals surface area contributed by atoms with Crippen LogP contribution in [0.15, 0.2) is 12.3 Å². The molecule has 0 unspecified atom stereocenters. The summed E-state index contributed by atoms with van der Waals surface area (Å²) < 4.78 is 39.0. The van der Waals surface area contributed by atoms with Gasteiger partial charge in [0.15, 0.2) is 0 Å². The highest BCUT2D eigenvalue weighted by atomic mass is 19.4. The summed E-state index contributed by atoms with van der Waals surface area (Å²) in [5.74, 6) is 0. The Morgan fingerprint density at radius 1 is 1.25 bits per heavy atom. The molecule has 0 aromatic heterocycles. The van der Waals surface area contributed by atoms with Crippen LogP contribution in [0.3, 0.4) is 0 Å². The van der Waals surface area contributed by atoms with E-state index in [9.17, 15) is 13.2 Å². The minimum atomic E-state index is -4.26. The molecule has 0 fully saturated rings. The van der Waals surface area contributed by atoms with Gasteiger partial charge in [0.2, 0.25) is 0 Å². The molecule has 0 atom stereocenters. The van der Waals surface area contributed by atoms with Crippen molar-refractivity contribution in [1.82, 2.24) is 0 Å². The van der Waals surface area contributed by atoms with Crippen LogP contribution in [-0.4, -0.2) is 12.8 Å². The summed E-state index contributed by atoms with van der Waals surface area (Å²) in [5, 5.41) is 0. The van der Waals surface area contributed by atoms with Crippen LogP contribution in [0.4, 0.5) is 13.2 Å². The van der Waals surface area contributed by atoms with Gasteiger partial charge in [-0.2, -0.15) is 13.2 Å². The number of unbranched alkanes of at least 4 members (excludes halogenated alkanes) is 2. The second kappa shape index (κ2) is 5.91. The minimum absolute atomic E-state index is 0.0962. The number of hydrogen-bond donors (Lipinski definition) is 0. The van der Waals surface area contributed by atoms with Gasteiger partial charge >= 0.3 is 6.18 Å². The highest BCUT2D eigenvalue weighted by molar-refractivity contribution is 4.82. The Kier molecular flexibility index (Phi) is 5.58. The molecule has 0 aromatic rings. The number of allylic oxidation sites excluding steroid dienone is 1. The fourth-order valence-corrected chi connectivity index (χ4v) is 0.629. The van der Waals surface area contributed by atoms with Gasteiger partial charge in [-0.25, -0.2) is 0 Å². The molecule has 0 radical (unpaired) electrons. The first-order valence-corrected chi connectivity index (χ1v) is 3.92. The van der Waals surface area contributed by atoms with E-state index < -0.39 is 6.18 Å². The summed E-state index contributed by atoms with van der Waals surface area (Å²) in [6.07, 6.45) is -0.635. The van der Waals surface area contributed by atoms with Crippen LogP contribution in [0.2, 0.25) is 0 Å². The molecule has 0 N–H and O–H groups in total. The minimum Gasteiger partial charge on any atom is -0.501 e. The standard InChI is InChI=1S/C8H13F3O/c1-2-3-4-6-12-7-5-8(9,10)11/h5,7H,2-4,6H2,1H3. The van der Waals surface area contributed by atoms with Gasteiger partial charge in [0, 0.05) is 0 Å². The van der Waals surface area contributed by atoms with Gasteiger partial charge in [-0.1, -0.05) is 19.8 Å². The van der Waals surface area contributed by atoms with Crippen molar-refractivity contribution in [2.24, 2.45) is 0 Å². The van der Waals surface area contributed by atoms with E-state index in [1.807, 2.05) is 6.92 Å². The average Bonchev–Trinajstić information content (AvgIpc) is 1.94. The molecule has 0 bridgehead atoms. The van der Waals surface area contributed by atoms with Crippen molar-refractivity contribution in [3.8, 4) is 0 Å². The Bertz CT molecular complexity index is 129. The summed E-state index contributed by atoms with van der Waals surface area (Å²) in [6, 6.07) is 0. The lowest BCUT2D eigenvalue weighted by Crippen LogP contribution is -2.01. The highest BCUT2D eigenvalue weighted by Crippen LogP contribution is 2.15. The predicted molar refractivity (Wildman–Crippen MR) is 40.7 cm³/mol. The number of ether oxygens (including phenoxy) is 1. The third-order valence-electron chi connectivity index (χ3n) is 1.22. The monoisotopic (exact) mass is 182 g/mol. The number of alkyl halides is 3. The normalized spacial score (nSPS) is 12.3. The Morgan fingerprint density at radius 2 is 1.92 bits per heavy atom. The average molecular weight is 182 g/mol. The van der Waals surface area contributed by atoms with Crippen LogP contribution < -0.4 is 0 Å². The smallest absolute Gasteiger partial charge is 0.412 e. The number of halogens is 3. The summed E-state index contributed by atoms with van der Waals surface area (Å²) in [6.45, 7) is 2.38. The van der Waals surface area contributed by atoms with Crippen LogP contribution in [0.25, 0.3) is 0 Å². The molecular formula is C8H13F3O. The Labute approximate surface area is 70.2 Å². The van der Waals surface area contributed by atoms with Gasteiger partial charge in [-0.05, 0) is 6.42 Å². The van der Waals surface area contributed by atoms with E-state index >= 15 is 0 Å². The van der Waals surface area contributed by atoms with E-state index in [1.165, 1.54) is 0 Å². The summed E-state index contributed by atoms with van der Waals surface area (Å²) in [5.41, 5.74) is 0. The van der Waals surface area contributed by atoms with Gasteiger partial charge in [-0.3, -0.25) is 0 Å². The van der Waals surface area contributed by atoms with E-state index in [0.29, 0.717) is 12.9 Å². The molecule has 0 spiro atoms. The van der Waals surface area contributed by atoms with Crippen molar-refractivity contribution in [2.45, 2.75) is 32.4 Å². The second-order valence-electron chi connectivity index (χ2n) is 2.42. The van der Waals surface area contributed by atoms with Crippen molar-refractivity contribution in [2.75, 3.05) is 6.61 Å². The maximum Gasteiger partial charge on any atom is 0.412 e. The van der Waals surface area contributed by atoms with E-state index in [-0.39, 0.29) is 6.08 Å². The van der Waals surface area contributed by atoms with Gasteiger partial charge in [0.25, 0.3) is 0 Å². The third kappa shape index (κ3) is 9.33. The first-order chi connectivity index (χ1) is 5.56.